The zero-order chi connectivity index (χ0) is 11.4. The maximum absolute atomic E-state index is 11.6. The molecule has 1 aromatic heterocycles. The number of carbonyl (C=O) groups excluding carboxylic acids is 1. The Labute approximate surface area is 95.8 Å². The van der Waals surface area contributed by atoms with Crippen molar-refractivity contribution in [2.75, 3.05) is 6.61 Å². The third-order valence-electron chi connectivity index (χ3n) is 2.81. The van der Waals surface area contributed by atoms with Crippen LogP contribution in [-0.4, -0.2) is 17.4 Å². The number of pyridine rings is 1. The molecule has 1 aromatic rings. The summed E-state index contributed by atoms with van der Waals surface area (Å²) >= 11 is 0. The fourth-order valence-electron chi connectivity index (χ4n) is 1.88. The number of hydrogen-bond donors (Lipinski definition) is 0. The van der Waals surface area contributed by atoms with Gasteiger partial charge in [0.05, 0.1) is 12.3 Å². The van der Waals surface area contributed by atoms with Crippen LogP contribution in [0.2, 0.25) is 0 Å². The summed E-state index contributed by atoms with van der Waals surface area (Å²) in [5, 5.41) is 0. The van der Waals surface area contributed by atoms with Gasteiger partial charge in [-0.25, -0.2) is 4.98 Å². The highest BCUT2D eigenvalue weighted by Crippen LogP contribution is 2.22. The van der Waals surface area contributed by atoms with Gasteiger partial charge in [-0.1, -0.05) is 13.3 Å². The molecule has 3 nitrogen and oxygen atoms in total. The van der Waals surface area contributed by atoms with Crippen LogP contribution in [0.25, 0.3) is 0 Å². The molecule has 0 fully saturated rings. The molecule has 0 saturated carbocycles. The van der Waals surface area contributed by atoms with Gasteiger partial charge >= 0.3 is 0 Å². The molecule has 0 aromatic carbocycles. The molecule has 0 N–H and O–H groups in total. The van der Waals surface area contributed by atoms with Crippen LogP contribution in [0.3, 0.4) is 0 Å². The first-order chi connectivity index (χ1) is 7.81. The summed E-state index contributed by atoms with van der Waals surface area (Å²) in [7, 11) is 0. The number of aromatic nitrogens is 1. The molecule has 0 spiro atoms. The molecule has 86 valence electrons. The summed E-state index contributed by atoms with van der Waals surface area (Å²) < 4.78 is 5.53. The molecular formula is C13H17NO2. The highest BCUT2D eigenvalue weighted by molar-refractivity contribution is 5.98. The van der Waals surface area contributed by atoms with Crippen LogP contribution >= 0.6 is 0 Å². The van der Waals surface area contributed by atoms with Crippen molar-refractivity contribution in [3.05, 3.63) is 23.4 Å². The molecule has 2 rings (SSSR count). The smallest absolute Gasteiger partial charge is 0.213 e. The van der Waals surface area contributed by atoms with E-state index >= 15 is 0 Å². The third kappa shape index (κ3) is 2.40. The van der Waals surface area contributed by atoms with Crippen LogP contribution < -0.4 is 4.74 Å². The molecule has 0 radical (unpaired) electrons. The molecule has 0 saturated heterocycles. The number of carbonyl (C=O) groups is 1. The van der Waals surface area contributed by atoms with E-state index in [2.05, 4.69) is 11.9 Å². The maximum atomic E-state index is 11.6. The summed E-state index contributed by atoms with van der Waals surface area (Å²) in [5.74, 6) is 0.871. The molecule has 16 heavy (non-hydrogen) atoms. The Morgan fingerprint density at radius 2 is 2.25 bits per heavy atom. The Bertz CT molecular complexity index is 388. The molecule has 3 heteroatoms. The molecule has 1 aliphatic rings. The van der Waals surface area contributed by atoms with E-state index < -0.39 is 0 Å². The lowest BCUT2D eigenvalue weighted by Gasteiger charge is -2.14. The first-order valence-corrected chi connectivity index (χ1v) is 5.97. The minimum atomic E-state index is 0.217. The van der Waals surface area contributed by atoms with E-state index in [1.807, 2.05) is 6.07 Å². The average Bonchev–Trinajstić information content (AvgIpc) is 2.30. The zero-order valence-corrected chi connectivity index (χ0v) is 9.66. The second-order valence-electron chi connectivity index (χ2n) is 4.12. The van der Waals surface area contributed by atoms with Gasteiger partial charge in [-0.05, 0) is 25.3 Å². The van der Waals surface area contributed by atoms with E-state index in [0.29, 0.717) is 18.9 Å². The van der Waals surface area contributed by atoms with Crippen molar-refractivity contribution in [3.63, 3.8) is 0 Å². The van der Waals surface area contributed by atoms with Crippen molar-refractivity contribution in [2.24, 2.45) is 0 Å². The monoisotopic (exact) mass is 219 g/mol. The van der Waals surface area contributed by atoms with Gasteiger partial charge in [0.15, 0.2) is 5.78 Å². The SMILES string of the molecule is CCCCOc1ccc2c(n1)CCCC2=O. The zero-order valence-electron chi connectivity index (χ0n) is 9.66. The first-order valence-electron chi connectivity index (χ1n) is 5.97. The van der Waals surface area contributed by atoms with Gasteiger partial charge in [-0.2, -0.15) is 0 Å². The van der Waals surface area contributed by atoms with Crippen molar-refractivity contribution < 1.29 is 9.53 Å². The summed E-state index contributed by atoms with van der Waals surface area (Å²) in [6, 6.07) is 3.66. The van der Waals surface area contributed by atoms with Crippen LogP contribution in [0.5, 0.6) is 5.88 Å². The standard InChI is InChI=1S/C13H17NO2/c1-2-3-9-16-13-8-7-10-11(14-13)5-4-6-12(10)15/h7-8H,2-6,9H2,1H3. The maximum Gasteiger partial charge on any atom is 0.213 e. The second kappa shape index (κ2) is 5.10. The van der Waals surface area contributed by atoms with Crippen molar-refractivity contribution >= 4 is 5.78 Å². The fourth-order valence-corrected chi connectivity index (χ4v) is 1.88. The predicted molar refractivity (Wildman–Crippen MR) is 61.9 cm³/mol. The molecule has 1 aliphatic carbocycles. The number of ketones is 1. The van der Waals surface area contributed by atoms with Gasteiger partial charge in [0, 0.05) is 18.1 Å². The van der Waals surface area contributed by atoms with Gasteiger partial charge in [-0.3, -0.25) is 4.79 Å². The molecule has 0 bridgehead atoms. The van der Waals surface area contributed by atoms with E-state index in [0.717, 1.165) is 36.9 Å². The van der Waals surface area contributed by atoms with Crippen LogP contribution in [0, 0.1) is 0 Å². The number of Topliss-reactive ketones (excluding diaryl/α,β-unsaturated/α-hetero) is 1. The molecule has 0 unspecified atom stereocenters. The lowest BCUT2D eigenvalue weighted by molar-refractivity contribution is 0.0971. The van der Waals surface area contributed by atoms with E-state index in [9.17, 15) is 4.79 Å². The number of rotatable bonds is 4. The second-order valence-corrected chi connectivity index (χ2v) is 4.12. The van der Waals surface area contributed by atoms with Gasteiger partial charge in [-0.15, -0.1) is 0 Å². The molecule has 0 aliphatic heterocycles. The normalized spacial score (nSPS) is 14.7. The topological polar surface area (TPSA) is 39.2 Å². The predicted octanol–water partition coefficient (Wildman–Crippen LogP) is 2.78. The van der Waals surface area contributed by atoms with Crippen LogP contribution in [0.4, 0.5) is 0 Å². The minimum Gasteiger partial charge on any atom is -0.478 e. The van der Waals surface area contributed by atoms with Crippen LogP contribution in [0.1, 0.15) is 48.7 Å². The van der Waals surface area contributed by atoms with E-state index in [1.54, 1.807) is 6.07 Å². The molecule has 0 amide bonds. The Morgan fingerprint density at radius 3 is 3.06 bits per heavy atom. The highest BCUT2D eigenvalue weighted by Gasteiger charge is 2.18. The fraction of sp³-hybridized carbons (Fsp3) is 0.538. The van der Waals surface area contributed by atoms with Crippen molar-refractivity contribution in [3.8, 4) is 5.88 Å². The van der Waals surface area contributed by atoms with Crippen LogP contribution in [0.15, 0.2) is 12.1 Å². The van der Waals surface area contributed by atoms with E-state index in [1.165, 1.54) is 0 Å². The summed E-state index contributed by atoms with van der Waals surface area (Å²) in [6.45, 7) is 2.83. The van der Waals surface area contributed by atoms with Crippen molar-refractivity contribution in [2.45, 2.75) is 39.0 Å². The summed E-state index contributed by atoms with van der Waals surface area (Å²) in [6.07, 6.45) is 4.62. The van der Waals surface area contributed by atoms with Crippen molar-refractivity contribution in [1.82, 2.24) is 4.98 Å². The van der Waals surface area contributed by atoms with Crippen LogP contribution in [-0.2, 0) is 6.42 Å². The number of unbranched alkanes of at least 4 members (excludes halogenated alkanes) is 1. The number of aryl methyl sites for hydroxylation is 1. The van der Waals surface area contributed by atoms with E-state index in [-0.39, 0.29) is 5.78 Å². The average molecular weight is 219 g/mol. The Hall–Kier alpha value is -1.38. The Morgan fingerprint density at radius 1 is 1.38 bits per heavy atom. The van der Waals surface area contributed by atoms with Gasteiger partial charge in [0.1, 0.15) is 0 Å². The Balaban J connectivity index is 2.09. The van der Waals surface area contributed by atoms with Gasteiger partial charge in [0.25, 0.3) is 0 Å². The lowest BCUT2D eigenvalue weighted by atomic mass is 9.95. The minimum absolute atomic E-state index is 0.217. The molecular weight excluding hydrogens is 202 g/mol. The lowest BCUT2D eigenvalue weighted by Crippen LogP contribution is -2.13. The third-order valence-corrected chi connectivity index (χ3v) is 2.81. The largest absolute Gasteiger partial charge is 0.478 e. The van der Waals surface area contributed by atoms with E-state index in [4.69, 9.17) is 4.74 Å². The number of hydrogen-bond acceptors (Lipinski definition) is 3. The first kappa shape index (κ1) is 11.1. The van der Waals surface area contributed by atoms with Gasteiger partial charge in [0.2, 0.25) is 5.88 Å². The Kier molecular flexibility index (Phi) is 3.54. The summed E-state index contributed by atoms with van der Waals surface area (Å²) in [5.41, 5.74) is 1.69. The molecule has 0 atom stereocenters. The quantitative estimate of drug-likeness (QED) is 0.731. The number of fused-ring (bicyclic) bond motifs is 1. The number of nitrogens with zero attached hydrogens (tertiary/aromatic N) is 1. The van der Waals surface area contributed by atoms with Crippen molar-refractivity contribution in [1.29, 1.82) is 0 Å². The molecule has 1 heterocycles. The summed E-state index contributed by atoms with van der Waals surface area (Å²) in [4.78, 5) is 16.0. The highest BCUT2D eigenvalue weighted by atomic mass is 16.5. The number of ether oxygens (including phenoxy) is 1. The van der Waals surface area contributed by atoms with Gasteiger partial charge < -0.3 is 4.74 Å².